The highest BCUT2D eigenvalue weighted by Crippen LogP contribution is 2.18. The van der Waals surface area contributed by atoms with Gasteiger partial charge < -0.3 is 15.4 Å². The number of nitrogens with two attached hydrogens (primary N) is 1. The van der Waals surface area contributed by atoms with Gasteiger partial charge in [0.05, 0.1) is 12.3 Å². The molecule has 3 N–H and O–H groups in total. The molecule has 1 heterocycles. The van der Waals surface area contributed by atoms with Crippen molar-refractivity contribution in [3.8, 4) is 0 Å². The fourth-order valence-corrected chi connectivity index (χ4v) is 3.43. The summed E-state index contributed by atoms with van der Waals surface area (Å²) in [5.74, 6) is 0.196. The fraction of sp³-hybridized carbons (Fsp3) is 0.522. The Balaban J connectivity index is 1.84. The minimum absolute atomic E-state index is 0.0380. The molecule has 0 aliphatic carbocycles. The van der Waals surface area contributed by atoms with Crippen LogP contribution in [0.3, 0.4) is 0 Å². The topological polar surface area (TPSA) is 68.2 Å². The summed E-state index contributed by atoms with van der Waals surface area (Å²) in [7, 11) is 1.94. The zero-order chi connectivity index (χ0) is 20.0. The second kappa shape index (κ2) is 9.34. The van der Waals surface area contributed by atoms with E-state index in [-0.39, 0.29) is 12.4 Å². The number of unbranched alkanes of at least 4 members (excludes halogenated alkanes) is 1. The zero-order valence-corrected chi connectivity index (χ0v) is 17.2. The number of ketones is 1. The highest BCUT2D eigenvalue weighted by molar-refractivity contribution is 5.94. The number of aliphatic hydroxyl groups excluding tert-OH is 1. The summed E-state index contributed by atoms with van der Waals surface area (Å²) in [6.07, 6.45) is 4.96. The van der Waals surface area contributed by atoms with Gasteiger partial charge in [-0.1, -0.05) is 23.8 Å². The molecule has 1 atom stereocenters. The molecule has 0 bridgehead atoms. The van der Waals surface area contributed by atoms with E-state index in [9.17, 15) is 9.90 Å². The van der Waals surface area contributed by atoms with Crippen LogP contribution in [-0.4, -0.2) is 27.6 Å². The highest BCUT2D eigenvalue weighted by Gasteiger charge is 2.19. The minimum atomic E-state index is -0.581. The number of benzene rings is 1. The van der Waals surface area contributed by atoms with Gasteiger partial charge in [0.1, 0.15) is 0 Å². The van der Waals surface area contributed by atoms with Crippen LogP contribution in [0.2, 0.25) is 0 Å². The van der Waals surface area contributed by atoms with E-state index < -0.39 is 5.54 Å². The van der Waals surface area contributed by atoms with E-state index in [1.165, 1.54) is 16.7 Å². The molecule has 148 valence electrons. The molecule has 0 aliphatic rings. The van der Waals surface area contributed by atoms with Crippen molar-refractivity contribution >= 4 is 5.78 Å². The standard InChI is InChI=1S/C23H34N2O2/c1-17-9-10-19(18(2)15-17)7-5-6-8-22(27)21-12-11-20(25(21)4)13-14-23(3,24)16-26/h9-12,15,26H,5-8,13-14,16,24H2,1-4H3/t23-/m1/s1. The van der Waals surface area contributed by atoms with E-state index in [2.05, 4.69) is 32.0 Å². The summed E-state index contributed by atoms with van der Waals surface area (Å²) in [5, 5.41) is 9.28. The molecular formula is C23H34N2O2. The fourth-order valence-electron chi connectivity index (χ4n) is 3.43. The van der Waals surface area contributed by atoms with E-state index in [1.807, 2.05) is 30.7 Å². The van der Waals surface area contributed by atoms with Gasteiger partial charge in [-0.15, -0.1) is 0 Å². The number of Topliss-reactive ketones (excluding diaryl/α,β-unsaturated/α-hetero) is 1. The van der Waals surface area contributed by atoms with Gasteiger partial charge in [0.15, 0.2) is 5.78 Å². The largest absolute Gasteiger partial charge is 0.394 e. The van der Waals surface area contributed by atoms with Crippen LogP contribution in [-0.2, 0) is 19.9 Å². The summed E-state index contributed by atoms with van der Waals surface area (Å²) in [6.45, 7) is 6.07. The Morgan fingerprint density at radius 2 is 1.89 bits per heavy atom. The third-order valence-corrected chi connectivity index (χ3v) is 5.42. The Morgan fingerprint density at radius 1 is 1.15 bits per heavy atom. The predicted octanol–water partition coefficient (Wildman–Crippen LogP) is 3.88. The first-order valence-corrected chi connectivity index (χ1v) is 9.87. The van der Waals surface area contributed by atoms with Crippen LogP contribution < -0.4 is 5.73 Å². The summed E-state index contributed by atoms with van der Waals surface area (Å²) in [6, 6.07) is 10.5. The lowest BCUT2D eigenvalue weighted by Crippen LogP contribution is -2.40. The number of aliphatic hydroxyl groups is 1. The number of aromatic nitrogens is 1. The van der Waals surface area contributed by atoms with Crippen LogP contribution in [0, 0.1) is 13.8 Å². The number of rotatable bonds is 10. The first-order chi connectivity index (χ1) is 12.7. The molecule has 0 aliphatic heterocycles. The molecule has 0 unspecified atom stereocenters. The monoisotopic (exact) mass is 370 g/mol. The van der Waals surface area contributed by atoms with Gasteiger partial charge in [-0.2, -0.15) is 0 Å². The molecular weight excluding hydrogens is 336 g/mol. The van der Waals surface area contributed by atoms with E-state index in [1.54, 1.807) is 0 Å². The molecule has 0 spiro atoms. The number of carbonyl (C=O) groups is 1. The number of aryl methyl sites for hydroxylation is 4. The molecule has 1 aromatic heterocycles. The van der Waals surface area contributed by atoms with Crippen molar-refractivity contribution in [3.63, 3.8) is 0 Å². The number of hydrogen-bond donors (Lipinski definition) is 2. The first-order valence-electron chi connectivity index (χ1n) is 9.87. The molecule has 0 fully saturated rings. The average Bonchev–Trinajstić information content (AvgIpc) is 2.99. The maximum atomic E-state index is 12.6. The van der Waals surface area contributed by atoms with Crippen LogP contribution in [0.25, 0.3) is 0 Å². The number of carbonyl (C=O) groups excluding carboxylic acids is 1. The minimum Gasteiger partial charge on any atom is -0.394 e. The van der Waals surface area contributed by atoms with Crippen molar-refractivity contribution in [2.24, 2.45) is 12.8 Å². The SMILES string of the molecule is Cc1ccc(CCCCC(=O)c2ccc(CC[C@@](C)(N)CO)n2C)c(C)c1. The number of hydrogen-bond acceptors (Lipinski definition) is 3. The van der Waals surface area contributed by atoms with Crippen molar-refractivity contribution < 1.29 is 9.90 Å². The molecule has 0 radical (unpaired) electrons. The first kappa shape index (κ1) is 21.4. The maximum Gasteiger partial charge on any atom is 0.179 e. The van der Waals surface area contributed by atoms with Crippen molar-refractivity contribution in [1.82, 2.24) is 4.57 Å². The quantitative estimate of drug-likeness (QED) is 0.493. The Labute approximate surface area is 163 Å². The second-order valence-electron chi connectivity index (χ2n) is 8.14. The van der Waals surface area contributed by atoms with Gasteiger partial charge >= 0.3 is 0 Å². The van der Waals surface area contributed by atoms with E-state index >= 15 is 0 Å². The summed E-state index contributed by atoms with van der Waals surface area (Å²) in [5.41, 5.74) is 11.3. The summed E-state index contributed by atoms with van der Waals surface area (Å²) >= 11 is 0. The normalized spacial score (nSPS) is 13.6. The Morgan fingerprint density at radius 3 is 2.56 bits per heavy atom. The smallest absolute Gasteiger partial charge is 0.179 e. The lowest BCUT2D eigenvalue weighted by molar-refractivity contribution is 0.0971. The van der Waals surface area contributed by atoms with Crippen molar-refractivity contribution in [2.45, 2.75) is 64.8 Å². The highest BCUT2D eigenvalue weighted by atomic mass is 16.3. The van der Waals surface area contributed by atoms with Gasteiger partial charge in [0.25, 0.3) is 0 Å². The van der Waals surface area contributed by atoms with Gasteiger partial charge in [0, 0.05) is 24.7 Å². The van der Waals surface area contributed by atoms with Gasteiger partial charge in [-0.25, -0.2) is 0 Å². The van der Waals surface area contributed by atoms with Crippen molar-refractivity contribution in [3.05, 3.63) is 58.4 Å². The van der Waals surface area contributed by atoms with Crippen LogP contribution in [0.4, 0.5) is 0 Å². The molecule has 2 rings (SSSR count). The van der Waals surface area contributed by atoms with Crippen LogP contribution in [0.5, 0.6) is 0 Å². The van der Waals surface area contributed by atoms with Gasteiger partial charge in [-0.3, -0.25) is 4.79 Å². The molecule has 1 aromatic carbocycles. The molecule has 27 heavy (non-hydrogen) atoms. The van der Waals surface area contributed by atoms with E-state index in [0.717, 1.165) is 37.1 Å². The molecule has 0 amide bonds. The summed E-state index contributed by atoms with van der Waals surface area (Å²) in [4.78, 5) is 12.6. The van der Waals surface area contributed by atoms with Crippen molar-refractivity contribution in [1.29, 1.82) is 0 Å². The third-order valence-electron chi connectivity index (χ3n) is 5.42. The predicted molar refractivity (Wildman–Crippen MR) is 111 cm³/mol. The van der Waals surface area contributed by atoms with Crippen LogP contribution in [0.15, 0.2) is 30.3 Å². The van der Waals surface area contributed by atoms with Gasteiger partial charge in [-0.05, 0) is 76.1 Å². The Kier molecular flexibility index (Phi) is 7.40. The second-order valence-corrected chi connectivity index (χ2v) is 8.14. The lowest BCUT2D eigenvalue weighted by atomic mass is 9.97. The number of nitrogens with zero attached hydrogens (tertiary/aromatic N) is 1. The molecule has 0 saturated carbocycles. The molecule has 4 heteroatoms. The summed E-state index contributed by atoms with van der Waals surface area (Å²) < 4.78 is 1.97. The van der Waals surface area contributed by atoms with Gasteiger partial charge in [0.2, 0.25) is 0 Å². The molecule has 4 nitrogen and oxygen atoms in total. The third kappa shape index (κ3) is 6.05. The Bertz CT molecular complexity index is 775. The molecule has 0 saturated heterocycles. The van der Waals surface area contributed by atoms with E-state index in [0.29, 0.717) is 12.8 Å². The maximum absolute atomic E-state index is 12.6. The average molecular weight is 371 g/mol. The van der Waals surface area contributed by atoms with Crippen LogP contribution >= 0.6 is 0 Å². The lowest BCUT2D eigenvalue weighted by Gasteiger charge is -2.21. The molecule has 2 aromatic rings. The zero-order valence-electron chi connectivity index (χ0n) is 17.2. The van der Waals surface area contributed by atoms with Crippen LogP contribution in [0.1, 0.15) is 65.5 Å². The van der Waals surface area contributed by atoms with E-state index in [4.69, 9.17) is 5.73 Å². The Hall–Kier alpha value is -1.91. The van der Waals surface area contributed by atoms with Crippen molar-refractivity contribution in [2.75, 3.05) is 6.61 Å².